The molecule has 0 aliphatic carbocycles. The summed E-state index contributed by atoms with van der Waals surface area (Å²) in [4.78, 5) is 15.3. The van der Waals surface area contributed by atoms with Crippen LogP contribution in [0.4, 0.5) is 0 Å². The molecule has 0 spiro atoms. The maximum Gasteiger partial charge on any atom is 0.254 e. The summed E-state index contributed by atoms with van der Waals surface area (Å²) in [6.45, 7) is 4.67. The zero-order valence-electron chi connectivity index (χ0n) is 19.1. The molecule has 4 nitrogen and oxygen atoms in total. The molecule has 32 heavy (non-hydrogen) atoms. The van der Waals surface area contributed by atoms with E-state index in [0.29, 0.717) is 26.2 Å². The summed E-state index contributed by atoms with van der Waals surface area (Å²) in [5, 5.41) is 0.753. The monoisotopic (exact) mass is 452 g/mol. The van der Waals surface area contributed by atoms with Gasteiger partial charge in [-0.15, -0.1) is 0 Å². The molecule has 0 aliphatic rings. The van der Waals surface area contributed by atoms with Crippen LogP contribution >= 0.6 is 11.6 Å². The number of aryl methyl sites for hydroxylation is 1. The minimum Gasteiger partial charge on any atom is -0.385 e. The Hall–Kier alpha value is -2.56. The minimum absolute atomic E-state index is 0.0497. The molecule has 0 atom stereocenters. The molecule has 0 saturated heterocycles. The molecule has 1 amide bonds. The van der Waals surface area contributed by atoms with Crippen LogP contribution in [0.1, 0.15) is 53.4 Å². The van der Waals surface area contributed by atoms with Crippen LogP contribution in [0.25, 0.3) is 0 Å². The average molecular weight is 453 g/mol. The van der Waals surface area contributed by atoms with Gasteiger partial charge in [-0.1, -0.05) is 55.3 Å². The number of methoxy groups -OCH3 is 1. The fraction of sp³-hybridized carbons (Fsp3) is 0.370. The second-order valence-corrected chi connectivity index (χ2v) is 8.50. The van der Waals surface area contributed by atoms with Crippen molar-refractivity contribution in [3.8, 4) is 0 Å². The van der Waals surface area contributed by atoms with Crippen molar-refractivity contribution in [1.29, 1.82) is 0 Å². The standard InChI is InChI=1S/C27H33ClN2O2/c1-3-4-9-22-13-15-23(16-14-22)27(31)30(18-8-19-32-2)21-25-11-7-17-29(25)20-24-10-5-6-12-26(24)28/h5-7,10-17H,3-4,8-9,18-21H2,1-2H3. The second kappa shape index (κ2) is 12.5. The highest BCUT2D eigenvalue weighted by Gasteiger charge is 2.18. The van der Waals surface area contributed by atoms with Gasteiger partial charge in [0, 0.05) is 49.3 Å². The largest absolute Gasteiger partial charge is 0.385 e. The van der Waals surface area contributed by atoms with Crippen LogP contribution in [0.5, 0.6) is 0 Å². The van der Waals surface area contributed by atoms with Gasteiger partial charge in [-0.05, 0) is 60.7 Å². The summed E-state index contributed by atoms with van der Waals surface area (Å²) >= 11 is 6.37. The third kappa shape index (κ3) is 6.72. The van der Waals surface area contributed by atoms with Crippen molar-refractivity contribution in [2.24, 2.45) is 0 Å². The number of carbonyl (C=O) groups excluding carboxylic acids is 1. The maximum atomic E-state index is 13.4. The Labute approximate surface area is 196 Å². The van der Waals surface area contributed by atoms with Gasteiger partial charge in [0.15, 0.2) is 0 Å². The molecule has 0 fully saturated rings. The summed E-state index contributed by atoms with van der Waals surface area (Å²) in [6, 6.07) is 20.0. The number of hydrogen-bond donors (Lipinski definition) is 0. The number of amides is 1. The number of halogens is 1. The average Bonchev–Trinajstić information content (AvgIpc) is 3.25. The Kier molecular flexibility index (Phi) is 9.39. The highest BCUT2D eigenvalue weighted by molar-refractivity contribution is 6.31. The molecule has 2 aromatic carbocycles. The van der Waals surface area contributed by atoms with Gasteiger partial charge in [0.2, 0.25) is 0 Å². The van der Waals surface area contributed by atoms with Crippen LogP contribution in [-0.2, 0) is 24.2 Å². The number of rotatable bonds is 12. The topological polar surface area (TPSA) is 34.5 Å². The maximum absolute atomic E-state index is 13.4. The summed E-state index contributed by atoms with van der Waals surface area (Å²) in [5.41, 5.74) is 4.15. The van der Waals surface area contributed by atoms with Gasteiger partial charge in [-0.25, -0.2) is 0 Å². The number of aromatic nitrogens is 1. The van der Waals surface area contributed by atoms with E-state index in [0.717, 1.165) is 34.7 Å². The summed E-state index contributed by atoms with van der Waals surface area (Å²) in [6.07, 6.45) is 6.22. The van der Waals surface area contributed by atoms with Gasteiger partial charge in [0.05, 0.1) is 6.54 Å². The molecule has 3 rings (SSSR count). The predicted molar refractivity (Wildman–Crippen MR) is 131 cm³/mol. The molecule has 0 radical (unpaired) electrons. The summed E-state index contributed by atoms with van der Waals surface area (Å²) in [5.74, 6) is 0.0497. The predicted octanol–water partition coefficient (Wildman–Crippen LogP) is 6.21. The lowest BCUT2D eigenvalue weighted by atomic mass is 10.1. The molecule has 0 saturated carbocycles. The fourth-order valence-electron chi connectivity index (χ4n) is 3.78. The third-order valence-corrected chi connectivity index (χ3v) is 6.03. The SMILES string of the molecule is CCCCc1ccc(C(=O)N(CCCOC)Cc2cccn2Cc2ccccc2Cl)cc1. The molecular formula is C27H33ClN2O2. The van der Waals surface area contributed by atoms with Crippen LogP contribution in [0.3, 0.4) is 0 Å². The van der Waals surface area contributed by atoms with E-state index in [9.17, 15) is 4.79 Å². The minimum atomic E-state index is 0.0497. The van der Waals surface area contributed by atoms with Crippen LogP contribution < -0.4 is 0 Å². The van der Waals surface area contributed by atoms with Gasteiger partial charge in [0.1, 0.15) is 0 Å². The zero-order valence-corrected chi connectivity index (χ0v) is 19.9. The van der Waals surface area contributed by atoms with Crippen molar-refractivity contribution in [3.05, 3.63) is 94.3 Å². The molecule has 0 bridgehead atoms. The quantitative estimate of drug-likeness (QED) is 0.306. The van der Waals surface area contributed by atoms with Crippen LogP contribution in [0.2, 0.25) is 5.02 Å². The Morgan fingerprint density at radius 1 is 1.03 bits per heavy atom. The number of hydrogen-bond acceptors (Lipinski definition) is 2. The van der Waals surface area contributed by atoms with Gasteiger partial charge in [-0.2, -0.15) is 0 Å². The summed E-state index contributed by atoms with van der Waals surface area (Å²) in [7, 11) is 1.69. The molecular weight excluding hydrogens is 420 g/mol. The Bertz CT molecular complexity index is 981. The van der Waals surface area contributed by atoms with Gasteiger partial charge in [-0.3, -0.25) is 4.79 Å². The van der Waals surface area contributed by atoms with E-state index in [-0.39, 0.29) is 5.91 Å². The van der Waals surface area contributed by atoms with Crippen LogP contribution in [0, 0.1) is 0 Å². The fourth-order valence-corrected chi connectivity index (χ4v) is 3.98. The first-order chi connectivity index (χ1) is 15.6. The number of ether oxygens (including phenoxy) is 1. The van der Waals surface area contributed by atoms with Crippen molar-refractivity contribution < 1.29 is 9.53 Å². The van der Waals surface area contributed by atoms with Gasteiger partial charge < -0.3 is 14.2 Å². The highest BCUT2D eigenvalue weighted by Crippen LogP contribution is 2.19. The number of unbranched alkanes of at least 4 members (excludes halogenated alkanes) is 1. The van der Waals surface area contributed by atoms with Crippen molar-refractivity contribution in [2.45, 2.75) is 45.7 Å². The van der Waals surface area contributed by atoms with Gasteiger partial charge >= 0.3 is 0 Å². The normalized spacial score (nSPS) is 11.0. The van der Waals surface area contributed by atoms with E-state index < -0.39 is 0 Å². The molecule has 0 unspecified atom stereocenters. The molecule has 0 aliphatic heterocycles. The van der Waals surface area contributed by atoms with Crippen LogP contribution in [0.15, 0.2) is 66.9 Å². The number of benzene rings is 2. The molecule has 0 N–H and O–H groups in total. The van der Waals surface area contributed by atoms with Crippen molar-refractivity contribution in [3.63, 3.8) is 0 Å². The molecule has 3 aromatic rings. The first-order valence-electron chi connectivity index (χ1n) is 11.4. The third-order valence-electron chi connectivity index (χ3n) is 5.66. The van der Waals surface area contributed by atoms with E-state index in [2.05, 4.69) is 29.7 Å². The lowest BCUT2D eigenvalue weighted by molar-refractivity contribution is 0.0720. The van der Waals surface area contributed by atoms with E-state index in [1.54, 1.807) is 7.11 Å². The van der Waals surface area contributed by atoms with Crippen molar-refractivity contribution >= 4 is 17.5 Å². The van der Waals surface area contributed by atoms with E-state index in [4.69, 9.17) is 16.3 Å². The lowest BCUT2D eigenvalue weighted by Crippen LogP contribution is -2.33. The molecule has 1 aromatic heterocycles. The van der Waals surface area contributed by atoms with Crippen LogP contribution in [-0.4, -0.2) is 35.6 Å². The Morgan fingerprint density at radius 3 is 2.53 bits per heavy atom. The summed E-state index contributed by atoms with van der Waals surface area (Å²) < 4.78 is 7.38. The molecule has 170 valence electrons. The lowest BCUT2D eigenvalue weighted by Gasteiger charge is -2.24. The molecule has 1 heterocycles. The van der Waals surface area contributed by atoms with Gasteiger partial charge in [0.25, 0.3) is 5.91 Å². The first-order valence-corrected chi connectivity index (χ1v) is 11.7. The first kappa shape index (κ1) is 24.1. The second-order valence-electron chi connectivity index (χ2n) is 8.09. The van der Waals surface area contributed by atoms with E-state index in [1.165, 1.54) is 18.4 Å². The number of carbonyl (C=O) groups is 1. The Morgan fingerprint density at radius 2 is 1.81 bits per heavy atom. The molecule has 5 heteroatoms. The van der Waals surface area contributed by atoms with Crippen molar-refractivity contribution in [2.75, 3.05) is 20.3 Å². The smallest absolute Gasteiger partial charge is 0.254 e. The Balaban J connectivity index is 1.75. The number of nitrogens with zero attached hydrogens (tertiary/aromatic N) is 2. The van der Waals surface area contributed by atoms with Crippen molar-refractivity contribution in [1.82, 2.24) is 9.47 Å². The highest BCUT2D eigenvalue weighted by atomic mass is 35.5. The zero-order chi connectivity index (χ0) is 22.8. The van der Waals surface area contributed by atoms with E-state index in [1.807, 2.05) is 53.6 Å². The van der Waals surface area contributed by atoms with E-state index >= 15 is 0 Å².